The van der Waals surface area contributed by atoms with Gasteiger partial charge >= 0.3 is 0 Å². The molecule has 0 fully saturated rings. The van der Waals surface area contributed by atoms with Gasteiger partial charge in [0.25, 0.3) is 0 Å². The maximum Gasteiger partial charge on any atom is 0.164 e. The first-order chi connectivity index (χ1) is 6.70. The van der Waals surface area contributed by atoms with Gasteiger partial charge in [0, 0.05) is 17.5 Å². The predicted molar refractivity (Wildman–Crippen MR) is 49.2 cm³/mol. The molecule has 1 rings (SSSR count). The van der Waals surface area contributed by atoms with Crippen LogP contribution in [-0.4, -0.2) is 12.3 Å². The number of rotatable bonds is 4. The van der Waals surface area contributed by atoms with Gasteiger partial charge in [0.1, 0.15) is 12.5 Å². The van der Waals surface area contributed by atoms with Crippen molar-refractivity contribution in [1.82, 2.24) is 0 Å². The van der Waals surface area contributed by atoms with Crippen LogP contribution < -0.4 is 5.73 Å². The molecule has 0 saturated heterocycles. The molecule has 0 amide bonds. The van der Waals surface area contributed by atoms with Crippen molar-refractivity contribution in [3.63, 3.8) is 0 Å². The van der Waals surface area contributed by atoms with Crippen molar-refractivity contribution < 1.29 is 13.6 Å². The van der Waals surface area contributed by atoms with Crippen LogP contribution in [0.3, 0.4) is 0 Å². The summed E-state index contributed by atoms with van der Waals surface area (Å²) in [6.45, 7) is -0.792. The number of benzene rings is 1. The van der Waals surface area contributed by atoms with Gasteiger partial charge in [-0.15, -0.1) is 0 Å². The van der Waals surface area contributed by atoms with Gasteiger partial charge in [0.15, 0.2) is 5.78 Å². The van der Waals surface area contributed by atoms with Crippen molar-refractivity contribution in [2.24, 2.45) is 5.73 Å². The fraction of sp³-hybridized carbons (Fsp3) is 0.300. The zero-order chi connectivity index (χ0) is 10.6. The lowest BCUT2D eigenvalue weighted by atomic mass is 10.0. The van der Waals surface area contributed by atoms with E-state index in [1.54, 1.807) is 0 Å². The molecule has 0 saturated carbocycles. The molecule has 4 heteroatoms. The van der Waals surface area contributed by atoms with E-state index in [4.69, 9.17) is 5.73 Å². The number of hydrogen-bond donors (Lipinski definition) is 1. The van der Waals surface area contributed by atoms with Gasteiger partial charge in [-0.2, -0.15) is 0 Å². The molecule has 0 heterocycles. The average molecular weight is 199 g/mol. The Balaban J connectivity index is 3.07. The summed E-state index contributed by atoms with van der Waals surface area (Å²) >= 11 is 0. The number of alkyl halides is 1. The minimum absolute atomic E-state index is 0.0953. The number of carbonyl (C=O) groups is 1. The molecule has 1 aromatic rings. The summed E-state index contributed by atoms with van der Waals surface area (Å²) < 4.78 is 25.5. The number of nitrogens with two attached hydrogens (primary N) is 1. The summed E-state index contributed by atoms with van der Waals surface area (Å²) in [5.41, 5.74) is 5.11. The van der Waals surface area contributed by atoms with Crippen LogP contribution >= 0.6 is 0 Å². The van der Waals surface area contributed by atoms with Crippen molar-refractivity contribution in [1.29, 1.82) is 0 Å². The number of halogens is 2. The normalized spacial score (nSPS) is 10.2. The van der Waals surface area contributed by atoms with E-state index in [9.17, 15) is 13.6 Å². The largest absolute Gasteiger partial charge is 0.330 e. The quantitative estimate of drug-likeness (QED) is 0.752. The summed E-state index contributed by atoms with van der Waals surface area (Å²) in [5, 5.41) is 0. The second kappa shape index (κ2) is 4.81. The minimum Gasteiger partial charge on any atom is -0.330 e. The summed E-state index contributed by atoms with van der Waals surface area (Å²) in [4.78, 5) is 11.4. The van der Waals surface area contributed by atoms with Gasteiger partial charge in [-0.25, -0.2) is 8.78 Å². The second-order valence-electron chi connectivity index (χ2n) is 2.86. The third kappa shape index (κ3) is 2.14. The molecule has 0 aliphatic carbocycles. The highest BCUT2D eigenvalue weighted by Gasteiger charge is 2.13. The molecule has 1 aromatic carbocycles. The first-order valence-electron chi connectivity index (χ1n) is 4.27. The number of carbonyl (C=O) groups excluding carboxylic acids is 1. The lowest BCUT2D eigenvalue weighted by Gasteiger charge is -2.05. The van der Waals surface area contributed by atoms with Crippen molar-refractivity contribution in [2.45, 2.75) is 13.1 Å². The Morgan fingerprint density at radius 3 is 2.71 bits per heavy atom. The van der Waals surface area contributed by atoms with Crippen LogP contribution in [0.15, 0.2) is 18.2 Å². The summed E-state index contributed by atoms with van der Waals surface area (Å²) in [6, 6.07) is 3.93. The van der Waals surface area contributed by atoms with Crippen LogP contribution in [-0.2, 0) is 6.67 Å². The Morgan fingerprint density at radius 2 is 2.14 bits per heavy atom. The molecule has 0 aromatic heterocycles. The fourth-order valence-electron chi connectivity index (χ4n) is 1.22. The van der Waals surface area contributed by atoms with Crippen LogP contribution in [0.2, 0.25) is 0 Å². The Kier molecular flexibility index (Phi) is 3.71. The van der Waals surface area contributed by atoms with Crippen LogP contribution in [0.1, 0.15) is 22.3 Å². The molecule has 0 aliphatic heterocycles. The second-order valence-corrected chi connectivity index (χ2v) is 2.86. The predicted octanol–water partition coefficient (Wildman–Crippen LogP) is 1.83. The Hall–Kier alpha value is -1.29. The number of Topliss-reactive ketones (excluding diaryl/α,β-unsaturated/α-hetero) is 1. The topological polar surface area (TPSA) is 43.1 Å². The van der Waals surface area contributed by atoms with E-state index in [2.05, 4.69) is 0 Å². The lowest BCUT2D eigenvalue weighted by Crippen LogP contribution is -2.10. The van der Waals surface area contributed by atoms with Gasteiger partial charge in [-0.3, -0.25) is 4.79 Å². The third-order valence-corrected chi connectivity index (χ3v) is 1.92. The molecule has 0 aliphatic rings. The molecule has 0 atom stereocenters. The molecule has 14 heavy (non-hydrogen) atoms. The summed E-state index contributed by atoms with van der Waals surface area (Å²) in [5.74, 6) is -1.00. The van der Waals surface area contributed by atoms with E-state index in [0.717, 1.165) is 6.07 Å². The summed E-state index contributed by atoms with van der Waals surface area (Å²) in [7, 11) is 0. The van der Waals surface area contributed by atoms with Crippen LogP contribution in [0.5, 0.6) is 0 Å². The van der Waals surface area contributed by atoms with Gasteiger partial charge in [0.05, 0.1) is 0 Å². The van der Waals surface area contributed by atoms with Crippen LogP contribution in [0.25, 0.3) is 0 Å². The molecule has 0 spiro atoms. The molecule has 0 unspecified atom stereocenters. The van der Waals surface area contributed by atoms with E-state index in [0.29, 0.717) is 0 Å². The third-order valence-electron chi connectivity index (χ3n) is 1.92. The molecule has 76 valence electrons. The highest BCUT2D eigenvalue weighted by atomic mass is 19.1. The zero-order valence-electron chi connectivity index (χ0n) is 7.59. The Bertz CT molecular complexity index is 339. The SMILES string of the molecule is NCCC(=O)c1cccc(F)c1CF. The molecule has 2 N–H and O–H groups in total. The van der Waals surface area contributed by atoms with Crippen molar-refractivity contribution in [2.75, 3.05) is 6.54 Å². The van der Waals surface area contributed by atoms with Gasteiger partial charge in [0.2, 0.25) is 0 Å². The van der Waals surface area contributed by atoms with E-state index in [1.165, 1.54) is 12.1 Å². The van der Waals surface area contributed by atoms with E-state index in [-0.39, 0.29) is 29.9 Å². The smallest absolute Gasteiger partial charge is 0.164 e. The number of hydrogen-bond acceptors (Lipinski definition) is 2. The van der Waals surface area contributed by atoms with Crippen LogP contribution in [0, 0.1) is 5.82 Å². The number of ketones is 1. The standard InChI is InChI=1S/C10H11F2NO/c11-6-8-7(10(14)4-5-13)2-1-3-9(8)12/h1-3H,4-6,13H2. The zero-order valence-corrected chi connectivity index (χ0v) is 7.59. The van der Waals surface area contributed by atoms with Crippen LogP contribution in [0.4, 0.5) is 8.78 Å². The van der Waals surface area contributed by atoms with Gasteiger partial charge < -0.3 is 5.73 Å². The summed E-state index contributed by atoms with van der Waals surface area (Å²) in [6.07, 6.45) is 0.108. The Labute approximate surface area is 80.7 Å². The molecule has 0 bridgehead atoms. The average Bonchev–Trinajstić information content (AvgIpc) is 2.17. The van der Waals surface area contributed by atoms with Gasteiger partial charge in [-0.1, -0.05) is 12.1 Å². The maximum absolute atomic E-state index is 13.0. The molecule has 0 radical (unpaired) electrons. The first kappa shape index (κ1) is 10.8. The van der Waals surface area contributed by atoms with Gasteiger partial charge in [-0.05, 0) is 12.6 Å². The van der Waals surface area contributed by atoms with Crippen molar-refractivity contribution >= 4 is 5.78 Å². The maximum atomic E-state index is 13.0. The molecule has 2 nitrogen and oxygen atoms in total. The highest BCUT2D eigenvalue weighted by Crippen LogP contribution is 2.16. The first-order valence-corrected chi connectivity index (χ1v) is 4.27. The Morgan fingerprint density at radius 1 is 1.43 bits per heavy atom. The lowest BCUT2D eigenvalue weighted by molar-refractivity contribution is 0.0983. The van der Waals surface area contributed by atoms with Crippen molar-refractivity contribution in [3.05, 3.63) is 35.1 Å². The minimum atomic E-state index is -0.974. The fourth-order valence-corrected chi connectivity index (χ4v) is 1.22. The monoisotopic (exact) mass is 199 g/mol. The highest BCUT2D eigenvalue weighted by molar-refractivity contribution is 5.97. The van der Waals surface area contributed by atoms with E-state index >= 15 is 0 Å². The molecular weight excluding hydrogens is 188 g/mol. The van der Waals surface area contributed by atoms with E-state index in [1.807, 2.05) is 0 Å². The van der Waals surface area contributed by atoms with E-state index < -0.39 is 12.5 Å². The van der Waals surface area contributed by atoms with Crippen molar-refractivity contribution in [3.8, 4) is 0 Å². The molecular formula is C10H11F2NO.